The Morgan fingerprint density at radius 2 is 1.73 bits per heavy atom. The first kappa shape index (κ1) is 12.5. The lowest BCUT2D eigenvalue weighted by Crippen LogP contribution is -2.08. The maximum Gasteiger partial charge on any atom is -0.0288 e. The normalized spacial score (nSPS) is 31.7. The van der Waals surface area contributed by atoms with Crippen molar-refractivity contribution in [3.63, 3.8) is 0 Å². The van der Waals surface area contributed by atoms with Crippen molar-refractivity contribution in [2.24, 2.45) is 11.8 Å². The zero-order valence-corrected chi connectivity index (χ0v) is 10.8. The largest absolute Gasteiger partial charge is 0.0853 e. The van der Waals surface area contributed by atoms with Gasteiger partial charge in [-0.3, -0.25) is 0 Å². The second kappa shape index (κ2) is 6.15. The molecule has 15 heavy (non-hydrogen) atoms. The van der Waals surface area contributed by atoms with Gasteiger partial charge in [0.25, 0.3) is 0 Å². The van der Waals surface area contributed by atoms with E-state index in [4.69, 9.17) is 0 Å². The fourth-order valence-electron chi connectivity index (χ4n) is 2.24. The summed E-state index contributed by atoms with van der Waals surface area (Å²) in [6.45, 7) is 9.29. The maximum absolute atomic E-state index is 2.47. The lowest BCUT2D eigenvalue weighted by molar-refractivity contribution is 0.361. The summed E-state index contributed by atoms with van der Waals surface area (Å²) >= 11 is 0. The summed E-state index contributed by atoms with van der Waals surface area (Å²) in [6.07, 6.45) is 11.3. The first-order valence-electron chi connectivity index (χ1n) is 6.41. The molecule has 0 amide bonds. The van der Waals surface area contributed by atoms with Crippen LogP contribution in [0.3, 0.4) is 0 Å². The molecule has 1 aliphatic rings. The van der Waals surface area contributed by atoms with Gasteiger partial charge in [0, 0.05) is 0 Å². The molecule has 86 valence electrons. The molecular formula is C15H26. The Bertz CT molecular complexity index is 243. The van der Waals surface area contributed by atoms with Gasteiger partial charge in [-0.05, 0) is 57.8 Å². The highest BCUT2D eigenvalue weighted by atomic mass is 14.2. The minimum atomic E-state index is 0.821. The standard InChI is InChI=1S/C15H26/c1-12(2)15-10-8-13(3)6-5-7-14(4)9-11-15/h6,9,12,15H,5,7-8,10-11H2,1-4H3/b13-6+,14-9+/t15-/m1/s1. The average Bonchev–Trinajstić information content (AvgIpc) is 2.16. The van der Waals surface area contributed by atoms with Crippen molar-refractivity contribution in [3.05, 3.63) is 23.3 Å². The Hall–Kier alpha value is -0.520. The van der Waals surface area contributed by atoms with Crippen LogP contribution in [-0.4, -0.2) is 0 Å². The second-order valence-corrected chi connectivity index (χ2v) is 5.42. The average molecular weight is 206 g/mol. The van der Waals surface area contributed by atoms with E-state index < -0.39 is 0 Å². The van der Waals surface area contributed by atoms with E-state index >= 15 is 0 Å². The monoisotopic (exact) mass is 206 g/mol. The van der Waals surface area contributed by atoms with Crippen LogP contribution < -0.4 is 0 Å². The Labute approximate surface area is 95.5 Å². The molecule has 0 saturated heterocycles. The molecule has 1 rings (SSSR count). The van der Waals surface area contributed by atoms with Crippen LogP contribution >= 0.6 is 0 Å². The van der Waals surface area contributed by atoms with E-state index in [1.165, 1.54) is 32.1 Å². The summed E-state index contributed by atoms with van der Waals surface area (Å²) in [7, 11) is 0. The fraction of sp³-hybridized carbons (Fsp3) is 0.733. The van der Waals surface area contributed by atoms with Gasteiger partial charge in [-0.1, -0.05) is 37.1 Å². The van der Waals surface area contributed by atoms with E-state index in [9.17, 15) is 0 Å². The zero-order valence-electron chi connectivity index (χ0n) is 10.8. The molecular weight excluding hydrogens is 180 g/mol. The van der Waals surface area contributed by atoms with Gasteiger partial charge in [-0.15, -0.1) is 0 Å². The van der Waals surface area contributed by atoms with Crippen LogP contribution in [0.2, 0.25) is 0 Å². The van der Waals surface area contributed by atoms with Crippen LogP contribution in [0.25, 0.3) is 0 Å². The first-order chi connectivity index (χ1) is 7.09. The van der Waals surface area contributed by atoms with Gasteiger partial charge in [0.15, 0.2) is 0 Å². The molecule has 0 aromatic carbocycles. The molecule has 0 aliphatic heterocycles. The van der Waals surface area contributed by atoms with Gasteiger partial charge < -0.3 is 0 Å². The second-order valence-electron chi connectivity index (χ2n) is 5.42. The Kier molecular flexibility index (Phi) is 5.14. The molecule has 1 aliphatic carbocycles. The topological polar surface area (TPSA) is 0 Å². The molecule has 0 N–H and O–H groups in total. The van der Waals surface area contributed by atoms with Gasteiger partial charge in [0.05, 0.1) is 0 Å². The van der Waals surface area contributed by atoms with E-state index in [2.05, 4.69) is 39.8 Å². The smallest absolute Gasteiger partial charge is 0.0288 e. The predicted octanol–water partition coefficient (Wildman–Crippen LogP) is 5.12. The van der Waals surface area contributed by atoms with E-state index in [1.54, 1.807) is 11.1 Å². The highest BCUT2D eigenvalue weighted by Gasteiger charge is 2.12. The lowest BCUT2D eigenvalue weighted by atomic mass is 9.85. The summed E-state index contributed by atoms with van der Waals surface area (Å²) < 4.78 is 0. The van der Waals surface area contributed by atoms with Crippen LogP contribution in [0.15, 0.2) is 23.3 Å². The number of allylic oxidation sites excluding steroid dienone is 4. The van der Waals surface area contributed by atoms with E-state index in [1.807, 2.05) is 0 Å². The fourth-order valence-corrected chi connectivity index (χ4v) is 2.24. The molecule has 0 aromatic heterocycles. The summed E-state index contributed by atoms with van der Waals surface area (Å²) in [5.41, 5.74) is 3.17. The van der Waals surface area contributed by atoms with Crippen molar-refractivity contribution in [1.29, 1.82) is 0 Å². The van der Waals surface area contributed by atoms with Gasteiger partial charge >= 0.3 is 0 Å². The van der Waals surface area contributed by atoms with Gasteiger partial charge in [-0.2, -0.15) is 0 Å². The maximum atomic E-state index is 2.47. The lowest BCUT2D eigenvalue weighted by Gasteiger charge is -2.20. The molecule has 0 heterocycles. The molecule has 0 nitrogen and oxygen atoms in total. The van der Waals surface area contributed by atoms with Crippen molar-refractivity contribution in [3.8, 4) is 0 Å². The Balaban J connectivity index is 2.66. The van der Waals surface area contributed by atoms with E-state index in [0.717, 1.165) is 11.8 Å². The number of hydrogen-bond acceptors (Lipinski definition) is 0. The molecule has 0 bridgehead atoms. The van der Waals surface area contributed by atoms with Crippen molar-refractivity contribution >= 4 is 0 Å². The molecule has 0 heteroatoms. The van der Waals surface area contributed by atoms with Crippen LogP contribution in [0, 0.1) is 11.8 Å². The van der Waals surface area contributed by atoms with Gasteiger partial charge in [-0.25, -0.2) is 0 Å². The first-order valence-corrected chi connectivity index (χ1v) is 6.41. The summed E-state index contributed by atoms with van der Waals surface area (Å²) in [6, 6.07) is 0. The quantitative estimate of drug-likeness (QED) is 0.523. The molecule has 0 radical (unpaired) electrons. The zero-order chi connectivity index (χ0) is 11.3. The number of rotatable bonds is 1. The summed E-state index contributed by atoms with van der Waals surface area (Å²) in [4.78, 5) is 0. The minimum absolute atomic E-state index is 0.821. The number of hydrogen-bond donors (Lipinski definition) is 0. The molecule has 0 aromatic rings. The molecule has 0 unspecified atom stereocenters. The third kappa shape index (κ3) is 4.68. The third-order valence-electron chi connectivity index (χ3n) is 3.65. The van der Waals surface area contributed by atoms with Crippen molar-refractivity contribution in [1.82, 2.24) is 0 Å². The predicted molar refractivity (Wildman–Crippen MR) is 68.9 cm³/mol. The minimum Gasteiger partial charge on any atom is -0.0853 e. The van der Waals surface area contributed by atoms with Crippen LogP contribution in [0.4, 0.5) is 0 Å². The van der Waals surface area contributed by atoms with Crippen molar-refractivity contribution < 1.29 is 0 Å². The van der Waals surface area contributed by atoms with E-state index in [0.29, 0.717) is 0 Å². The van der Waals surface area contributed by atoms with Gasteiger partial charge in [0.1, 0.15) is 0 Å². The van der Waals surface area contributed by atoms with Gasteiger partial charge in [0.2, 0.25) is 0 Å². The highest BCUT2D eigenvalue weighted by molar-refractivity contribution is 5.06. The summed E-state index contributed by atoms with van der Waals surface area (Å²) in [5, 5.41) is 0. The Morgan fingerprint density at radius 1 is 1.07 bits per heavy atom. The molecule has 0 fully saturated rings. The molecule has 1 atom stereocenters. The van der Waals surface area contributed by atoms with E-state index in [-0.39, 0.29) is 0 Å². The Morgan fingerprint density at radius 3 is 2.40 bits per heavy atom. The van der Waals surface area contributed by atoms with Crippen LogP contribution in [-0.2, 0) is 0 Å². The molecule has 0 spiro atoms. The van der Waals surface area contributed by atoms with Crippen molar-refractivity contribution in [2.75, 3.05) is 0 Å². The SMILES string of the molecule is C/C1=C\C[C@H](C(C)C)CC/C(C)=C/CC1. The molecule has 0 saturated carbocycles. The van der Waals surface area contributed by atoms with Crippen LogP contribution in [0.5, 0.6) is 0 Å². The van der Waals surface area contributed by atoms with Crippen molar-refractivity contribution in [2.45, 2.75) is 59.8 Å². The highest BCUT2D eigenvalue weighted by Crippen LogP contribution is 2.26. The van der Waals surface area contributed by atoms with Crippen LogP contribution in [0.1, 0.15) is 59.8 Å². The third-order valence-corrected chi connectivity index (χ3v) is 3.65. The summed E-state index contributed by atoms with van der Waals surface area (Å²) in [5.74, 6) is 1.70.